The van der Waals surface area contributed by atoms with Gasteiger partial charge in [-0.05, 0) is 12.5 Å². The molecule has 0 unspecified atom stereocenters. The van der Waals surface area contributed by atoms with Gasteiger partial charge in [-0.1, -0.05) is 0 Å². The molecule has 0 radical (unpaired) electrons. The van der Waals surface area contributed by atoms with Crippen molar-refractivity contribution in [1.82, 2.24) is 5.01 Å². The van der Waals surface area contributed by atoms with Crippen molar-refractivity contribution in [3.05, 3.63) is 0 Å². The molecule has 9 heavy (non-hydrogen) atoms. The van der Waals surface area contributed by atoms with Crippen LogP contribution < -0.4 is 0 Å². The first-order chi connectivity index (χ1) is 4.01. The van der Waals surface area contributed by atoms with Crippen LogP contribution in [0.1, 0.15) is 0 Å². The summed E-state index contributed by atoms with van der Waals surface area (Å²) in [6.07, 6.45) is 4.65. The number of hydrazone groups is 1. The van der Waals surface area contributed by atoms with Crippen molar-refractivity contribution >= 4 is 15.6 Å². The Kier molecular flexibility index (Phi) is 1.47. The fourth-order valence-corrected chi connectivity index (χ4v) is 3.30. The molecule has 0 aromatic heterocycles. The summed E-state index contributed by atoms with van der Waals surface area (Å²) in [7, 11) is 3.80. The Morgan fingerprint density at radius 1 is 1.56 bits per heavy atom. The van der Waals surface area contributed by atoms with E-state index in [1.807, 2.05) is 0 Å². The van der Waals surface area contributed by atoms with Gasteiger partial charge < -0.3 is 0 Å². The molecule has 1 aliphatic heterocycles. The lowest BCUT2D eigenvalue weighted by molar-refractivity contribution is -0.648. The zero-order chi connectivity index (χ0) is 7.07. The molecule has 0 aromatic rings. The fraction of sp³-hybridized carbons (Fsp3) is 0.833. The summed E-state index contributed by atoms with van der Waals surface area (Å²) in [6, 6.07) is 0. The maximum atomic E-state index is 2.33. The van der Waals surface area contributed by atoms with E-state index in [4.69, 9.17) is 0 Å². The minimum atomic E-state index is -0.418. The number of hydrogen-bond donors (Lipinski definition) is 0. The minimum absolute atomic E-state index is 0.418. The maximum absolute atomic E-state index is 2.33. The number of hydrazine groups is 1. The quantitative estimate of drug-likeness (QED) is 0.453. The molecule has 0 N–H and O–H groups in total. The van der Waals surface area contributed by atoms with Gasteiger partial charge >= 0.3 is 0 Å². The van der Waals surface area contributed by atoms with Gasteiger partial charge in [0.25, 0.3) is 0 Å². The second-order valence-corrected chi connectivity index (χ2v) is 6.81. The number of rotatable bonds is 0. The molecule has 0 saturated heterocycles. The first-order valence-corrected chi connectivity index (χ1v) is 5.69. The molecule has 54 valence electrons. The molecular formula is C6H15N2S+. The van der Waals surface area contributed by atoms with Crippen molar-refractivity contribution in [3.8, 4) is 0 Å². The van der Waals surface area contributed by atoms with Gasteiger partial charge in [-0.2, -0.15) is 5.01 Å². The predicted octanol–water partition coefficient (Wildman–Crippen LogP) is 0.539. The van der Waals surface area contributed by atoms with Crippen LogP contribution in [0.3, 0.4) is 0 Å². The van der Waals surface area contributed by atoms with Crippen LogP contribution in [-0.4, -0.2) is 47.7 Å². The van der Waals surface area contributed by atoms with Crippen LogP contribution >= 0.6 is 10.0 Å². The van der Waals surface area contributed by atoms with Crippen molar-refractivity contribution < 1.29 is 4.68 Å². The molecule has 0 aromatic carbocycles. The van der Waals surface area contributed by atoms with Gasteiger partial charge in [-0.15, -0.1) is 14.7 Å². The molecule has 0 bridgehead atoms. The summed E-state index contributed by atoms with van der Waals surface area (Å²) in [6.45, 7) is 0. The number of nitrogens with zero attached hydrogens (tertiary/aromatic N) is 2. The highest BCUT2D eigenvalue weighted by Gasteiger charge is 2.26. The minimum Gasteiger partial charge on any atom is -0.180 e. The van der Waals surface area contributed by atoms with E-state index in [0.29, 0.717) is 0 Å². The molecule has 3 heteroatoms. The van der Waals surface area contributed by atoms with Crippen LogP contribution in [0.2, 0.25) is 0 Å². The average Bonchev–Trinajstić information content (AvgIpc) is 1.79. The van der Waals surface area contributed by atoms with Gasteiger partial charge in [0, 0.05) is 0 Å². The van der Waals surface area contributed by atoms with Gasteiger partial charge in [-0.25, -0.2) is 0 Å². The zero-order valence-corrected chi connectivity index (χ0v) is 7.40. The molecule has 0 amide bonds. The Labute approximate surface area is 58.5 Å². The molecule has 1 aliphatic rings. The average molecular weight is 147 g/mol. The number of hydrogen-bond acceptors (Lipinski definition) is 1. The van der Waals surface area contributed by atoms with E-state index in [9.17, 15) is 0 Å². The van der Waals surface area contributed by atoms with Crippen molar-refractivity contribution in [1.29, 1.82) is 0 Å². The maximum Gasteiger partial charge on any atom is 0.211 e. The standard InChI is InChI=1S/C6H15N2S/c1-7-5-9(3,4)6-8(7)2/h5H,6H2,1-4H3/q+1. The molecule has 0 fully saturated rings. The van der Waals surface area contributed by atoms with Crippen molar-refractivity contribution in [2.75, 3.05) is 32.5 Å². The van der Waals surface area contributed by atoms with Gasteiger partial charge in [0.2, 0.25) is 5.55 Å². The Bertz CT molecular complexity index is 151. The summed E-state index contributed by atoms with van der Waals surface area (Å²) >= 11 is 0. The van der Waals surface area contributed by atoms with Crippen LogP contribution in [-0.2, 0) is 0 Å². The molecule has 0 atom stereocenters. The summed E-state index contributed by atoms with van der Waals surface area (Å²) < 4.78 is 2.18. The van der Waals surface area contributed by atoms with Gasteiger partial charge in [0.05, 0.1) is 7.05 Å². The van der Waals surface area contributed by atoms with Gasteiger partial charge in [0.1, 0.15) is 5.88 Å². The highest BCUT2D eigenvalue weighted by molar-refractivity contribution is 8.43. The third-order valence-electron chi connectivity index (χ3n) is 1.50. The monoisotopic (exact) mass is 147 g/mol. The Hall–Kier alpha value is -0.180. The summed E-state index contributed by atoms with van der Waals surface area (Å²) in [4.78, 5) is 0. The topological polar surface area (TPSA) is 6.25 Å². The summed E-state index contributed by atoms with van der Waals surface area (Å²) in [5.41, 5.74) is 2.33. The van der Waals surface area contributed by atoms with Crippen LogP contribution in [0.15, 0.2) is 0 Å². The van der Waals surface area contributed by atoms with E-state index in [1.54, 1.807) is 0 Å². The van der Waals surface area contributed by atoms with Crippen LogP contribution in [0, 0.1) is 0 Å². The van der Waals surface area contributed by atoms with Gasteiger partial charge in [0.15, 0.2) is 7.05 Å². The highest BCUT2D eigenvalue weighted by Crippen LogP contribution is 2.39. The summed E-state index contributed by atoms with van der Waals surface area (Å²) in [5.74, 6) is 1.21. The molecule has 1 heterocycles. The third kappa shape index (κ3) is 1.39. The lowest BCUT2D eigenvalue weighted by atomic mass is 11.1. The van der Waals surface area contributed by atoms with E-state index in [-0.39, 0.29) is 0 Å². The van der Waals surface area contributed by atoms with E-state index in [1.165, 1.54) is 5.88 Å². The first kappa shape index (κ1) is 6.93. The normalized spacial score (nSPS) is 28.0. The van der Waals surface area contributed by atoms with Gasteiger partial charge in [-0.3, -0.25) is 0 Å². The third-order valence-corrected chi connectivity index (χ3v) is 3.41. The molecule has 2 nitrogen and oxygen atoms in total. The molecule has 0 aliphatic carbocycles. The first-order valence-electron chi connectivity index (χ1n) is 3.01. The van der Waals surface area contributed by atoms with Crippen molar-refractivity contribution in [3.63, 3.8) is 0 Å². The highest BCUT2D eigenvalue weighted by atomic mass is 32.3. The van der Waals surface area contributed by atoms with Crippen LogP contribution in [0.5, 0.6) is 0 Å². The smallest absolute Gasteiger partial charge is 0.180 e. The molecule has 0 saturated carbocycles. The lowest BCUT2D eigenvalue weighted by Crippen LogP contribution is -2.23. The van der Waals surface area contributed by atoms with Crippen molar-refractivity contribution in [2.24, 2.45) is 0 Å². The van der Waals surface area contributed by atoms with Crippen molar-refractivity contribution in [2.45, 2.75) is 0 Å². The molecule has 1 rings (SSSR count). The lowest BCUT2D eigenvalue weighted by Gasteiger charge is -2.15. The zero-order valence-electron chi connectivity index (χ0n) is 6.59. The van der Waals surface area contributed by atoms with Crippen LogP contribution in [0.25, 0.3) is 0 Å². The molecular weight excluding hydrogens is 132 g/mol. The Balaban J connectivity index is 2.74. The Morgan fingerprint density at radius 2 is 2.11 bits per heavy atom. The van der Waals surface area contributed by atoms with E-state index >= 15 is 0 Å². The van der Waals surface area contributed by atoms with E-state index < -0.39 is 10.0 Å². The second-order valence-electron chi connectivity index (χ2n) is 3.09. The summed E-state index contributed by atoms with van der Waals surface area (Å²) in [5, 5.41) is 2.25. The largest absolute Gasteiger partial charge is 0.211 e. The fourth-order valence-electron chi connectivity index (χ4n) is 1.10. The second kappa shape index (κ2) is 1.90. The van der Waals surface area contributed by atoms with Crippen LogP contribution in [0.4, 0.5) is 0 Å². The van der Waals surface area contributed by atoms with E-state index in [2.05, 4.69) is 41.8 Å². The van der Waals surface area contributed by atoms with E-state index in [0.717, 1.165) is 0 Å². The molecule has 0 spiro atoms. The Morgan fingerprint density at radius 3 is 2.22 bits per heavy atom. The SMILES string of the molecule is CN1CS(C)(C)C=[N+]1C. The predicted molar refractivity (Wildman–Crippen MR) is 44.3 cm³/mol.